The lowest BCUT2D eigenvalue weighted by Gasteiger charge is -2.58. The Labute approximate surface area is 111 Å². The average Bonchev–Trinajstić information content (AvgIpc) is 2.59. The fourth-order valence-electron chi connectivity index (χ4n) is 3.79. The van der Waals surface area contributed by atoms with Gasteiger partial charge in [-0.2, -0.15) is 11.8 Å². The van der Waals surface area contributed by atoms with Gasteiger partial charge in [-0.25, -0.2) is 0 Å². The molecule has 2 rings (SSSR count). The van der Waals surface area contributed by atoms with Crippen molar-refractivity contribution in [2.24, 2.45) is 11.1 Å². The van der Waals surface area contributed by atoms with Gasteiger partial charge in [0.25, 0.3) is 0 Å². The second kappa shape index (κ2) is 4.43. The third-order valence-electron chi connectivity index (χ3n) is 5.23. The van der Waals surface area contributed by atoms with Crippen LogP contribution in [0.2, 0.25) is 0 Å². The van der Waals surface area contributed by atoms with Gasteiger partial charge in [0, 0.05) is 23.4 Å². The van der Waals surface area contributed by atoms with Gasteiger partial charge in [-0.1, -0.05) is 13.8 Å². The molecule has 2 fully saturated rings. The normalized spacial score (nSPS) is 37.2. The van der Waals surface area contributed by atoms with Gasteiger partial charge in [0.15, 0.2) is 0 Å². The molecule has 2 saturated heterocycles. The lowest BCUT2D eigenvalue weighted by molar-refractivity contribution is -0.0363. The molecule has 1 atom stereocenters. The molecule has 2 N–H and O–H groups in total. The topological polar surface area (TPSA) is 29.3 Å². The summed E-state index contributed by atoms with van der Waals surface area (Å²) < 4.78 is 0. The first-order valence-corrected chi connectivity index (χ1v) is 8.07. The van der Waals surface area contributed by atoms with Crippen molar-refractivity contribution in [3.63, 3.8) is 0 Å². The molecular formula is C14H28N2S. The third kappa shape index (κ3) is 2.04. The van der Waals surface area contributed by atoms with Crippen molar-refractivity contribution in [1.29, 1.82) is 0 Å². The molecule has 2 heterocycles. The van der Waals surface area contributed by atoms with Crippen LogP contribution in [0.1, 0.15) is 47.0 Å². The minimum absolute atomic E-state index is 0.204. The van der Waals surface area contributed by atoms with Crippen LogP contribution in [-0.4, -0.2) is 40.6 Å². The summed E-state index contributed by atoms with van der Waals surface area (Å²) in [5.74, 6) is 2.50. The largest absolute Gasteiger partial charge is 0.329 e. The molecular weight excluding hydrogens is 228 g/mol. The highest BCUT2D eigenvalue weighted by molar-refractivity contribution is 7.99. The number of thioether (sulfide) groups is 1. The first-order valence-electron chi connectivity index (χ1n) is 6.91. The van der Waals surface area contributed by atoms with Gasteiger partial charge in [0.1, 0.15) is 0 Å². The Bertz CT molecular complexity index is 288. The number of nitrogens with two attached hydrogens (primary N) is 1. The third-order valence-corrected chi connectivity index (χ3v) is 6.40. The Kier molecular flexibility index (Phi) is 3.57. The van der Waals surface area contributed by atoms with Crippen LogP contribution in [-0.2, 0) is 0 Å². The van der Waals surface area contributed by atoms with E-state index in [2.05, 4.69) is 44.4 Å². The van der Waals surface area contributed by atoms with Crippen LogP contribution in [0.4, 0.5) is 0 Å². The average molecular weight is 256 g/mol. The maximum Gasteiger partial charge on any atom is 0.0478 e. The zero-order valence-electron chi connectivity index (χ0n) is 11.9. The molecule has 0 saturated carbocycles. The van der Waals surface area contributed by atoms with Crippen molar-refractivity contribution in [3.8, 4) is 0 Å². The Hall–Kier alpha value is 0.270. The summed E-state index contributed by atoms with van der Waals surface area (Å²) in [7, 11) is 0. The zero-order valence-corrected chi connectivity index (χ0v) is 12.7. The SMILES string of the molecule is CC1(C)CCCN1C1(CN)CSCCC1(C)C. The van der Waals surface area contributed by atoms with Crippen molar-refractivity contribution < 1.29 is 0 Å². The minimum Gasteiger partial charge on any atom is -0.329 e. The van der Waals surface area contributed by atoms with E-state index < -0.39 is 0 Å². The van der Waals surface area contributed by atoms with Gasteiger partial charge in [-0.15, -0.1) is 0 Å². The molecule has 0 aromatic heterocycles. The Morgan fingerprint density at radius 2 is 1.88 bits per heavy atom. The second-order valence-electron chi connectivity index (χ2n) is 6.99. The van der Waals surface area contributed by atoms with Crippen molar-refractivity contribution in [1.82, 2.24) is 4.90 Å². The summed E-state index contributed by atoms with van der Waals surface area (Å²) in [5.41, 5.74) is 7.13. The summed E-state index contributed by atoms with van der Waals surface area (Å²) in [6, 6.07) is 0. The number of rotatable bonds is 2. The van der Waals surface area contributed by atoms with Crippen LogP contribution in [0.5, 0.6) is 0 Å². The molecule has 0 radical (unpaired) electrons. The number of hydrogen-bond acceptors (Lipinski definition) is 3. The first kappa shape index (κ1) is 13.7. The molecule has 0 aromatic rings. The van der Waals surface area contributed by atoms with Gasteiger partial charge in [0.05, 0.1) is 0 Å². The van der Waals surface area contributed by atoms with Crippen LogP contribution in [0, 0.1) is 5.41 Å². The maximum atomic E-state index is 6.26. The molecule has 0 spiro atoms. The fraction of sp³-hybridized carbons (Fsp3) is 1.00. The Balaban J connectivity index is 2.35. The number of likely N-dealkylation sites (tertiary alicyclic amines) is 1. The van der Waals surface area contributed by atoms with E-state index in [9.17, 15) is 0 Å². The van der Waals surface area contributed by atoms with Crippen LogP contribution in [0.3, 0.4) is 0 Å². The van der Waals surface area contributed by atoms with E-state index in [1.165, 1.54) is 37.3 Å². The van der Waals surface area contributed by atoms with E-state index in [0.29, 0.717) is 11.0 Å². The fourth-order valence-corrected chi connectivity index (χ4v) is 5.59. The van der Waals surface area contributed by atoms with Crippen LogP contribution >= 0.6 is 11.8 Å². The van der Waals surface area contributed by atoms with Crippen LogP contribution in [0.25, 0.3) is 0 Å². The lowest BCUT2D eigenvalue weighted by Crippen LogP contribution is -2.68. The zero-order chi connectivity index (χ0) is 12.7. The first-order chi connectivity index (χ1) is 7.86. The summed E-state index contributed by atoms with van der Waals surface area (Å²) in [6.07, 6.45) is 3.94. The molecule has 2 aliphatic rings. The molecule has 0 aromatic carbocycles. The molecule has 17 heavy (non-hydrogen) atoms. The molecule has 2 aliphatic heterocycles. The molecule has 2 nitrogen and oxygen atoms in total. The number of hydrogen-bond donors (Lipinski definition) is 1. The predicted octanol–water partition coefficient (Wildman–Crippen LogP) is 2.72. The molecule has 3 heteroatoms. The maximum absolute atomic E-state index is 6.26. The lowest BCUT2D eigenvalue weighted by atomic mass is 9.68. The standard InChI is InChI=1S/C14H28N2S/c1-12(2)7-9-17-11-14(12,10-15)16-8-5-6-13(16,3)4/h5-11,15H2,1-4H3. The summed E-state index contributed by atoms with van der Waals surface area (Å²) >= 11 is 2.09. The van der Waals surface area contributed by atoms with Crippen molar-refractivity contribution in [2.45, 2.75) is 58.0 Å². The molecule has 100 valence electrons. The van der Waals surface area contributed by atoms with E-state index in [-0.39, 0.29) is 5.54 Å². The van der Waals surface area contributed by atoms with Crippen LogP contribution in [0.15, 0.2) is 0 Å². The monoisotopic (exact) mass is 256 g/mol. The van der Waals surface area contributed by atoms with E-state index in [0.717, 1.165) is 6.54 Å². The van der Waals surface area contributed by atoms with Gasteiger partial charge in [-0.05, 0) is 50.8 Å². The number of nitrogens with zero attached hydrogens (tertiary/aromatic N) is 1. The highest BCUT2D eigenvalue weighted by Gasteiger charge is 2.54. The minimum atomic E-state index is 0.204. The summed E-state index contributed by atoms with van der Waals surface area (Å²) in [4.78, 5) is 2.74. The molecule has 0 bridgehead atoms. The van der Waals surface area contributed by atoms with E-state index in [1.807, 2.05) is 0 Å². The quantitative estimate of drug-likeness (QED) is 0.824. The van der Waals surface area contributed by atoms with Crippen LogP contribution < -0.4 is 5.73 Å². The predicted molar refractivity (Wildman–Crippen MR) is 77.5 cm³/mol. The van der Waals surface area contributed by atoms with E-state index in [1.54, 1.807) is 0 Å². The summed E-state index contributed by atoms with van der Waals surface area (Å²) in [6.45, 7) is 11.7. The highest BCUT2D eigenvalue weighted by atomic mass is 32.2. The van der Waals surface area contributed by atoms with E-state index in [4.69, 9.17) is 5.73 Å². The summed E-state index contributed by atoms with van der Waals surface area (Å²) in [5, 5.41) is 0. The Morgan fingerprint density at radius 3 is 2.35 bits per heavy atom. The van der Waals surface area contributed by atoms with Crippen molar-refractivity contribution in [3.05, 3.63) is 0 Å². The molecule has 0 amide bonds. The van der Waals surface area contributed by atoms with Crippen molar-refractivity contribution >= 4 is 11.8 Å². The van der Waals surface area contributed by atoms with Gasteiger partial charge >= 0.3 is 0 Å². The van der Waals surface area contributed by atoms with E-state index >= 15 is 0 Å². The smallest absolute Gasteiger partial charge is 0.0478 e. The molecule has 0 aliphatic carbocycles. The van der Waals surface area contributed by atoms with Gasteiger partial charge in [-0.3, -0.25) is 4.90 Å². The molecule has 1 unspecified atom stereocenters. The second-order valence-corrected chi connectivity index (χ2v) is 8.09. The van der Waals surface area contributed by atoms with Gasteiger partial charge < -0.3 is 5.73 Å². The van der Waals surface area contributed by atoms with Crippen molar-refractivity contribution in [2.75, 3.05) is 24.6 Å². The van der Waals surface area contributed by atoms with Gasteiger partial charge in [0.2, 0.25) is 0 Å². The highest BCUT2D eigenvalue weighted by Crippen LogP contribution is 2.50. The Morgan fingerprint density at radius 1 is 1.18 bits per heavy atom.